The second-order valence-corrected chi connectivity index (χ2v) is 7.93. The number of carbonyl (C=O) groups excluding carboxylic acids is 2. The second-order valence-electron chi connectivity index (χ2n) is 7.93. The Labute approximate surface area is 177 Å². The molecule has 7 heteroatoms. The highest BCUT2D eigenvalue weighted by Gasteiger charge is 2.20. The van der Waals surface area contributed by atoms with Crippen molar-refractivity contribution in [3.05, 3.63) is 59.9 Å². The number of nitrogens with one attached hydrogen (secondary N) is 2. The molecule has 0 atom stereocenters. The molecule has 0 unspecified atom stereocenters. The fraction of sp³-hybridized carbons (Fsp3) is 0.391. The summed E-state index contributed by atoms with van der Waals surface area (Å²) in [5.41, 5.74) is 2.63. The van der Waals surface area contributed by atoms with Gasteiger partial charge in [-0.15, -0.1) is 0 Å². The largest absolute Gasteiger partial charge is 0.325 e. The average molecular weight is 413 g/mol. The molecule has 160 valence electrons. The highest BCUT2D eigenvalue weighted by molar-refractivity contribution is 5.92. The van der Waals surface area contributed by atoms with Crippen LogP contribution in [0.15, 0.2) is 48.5 Å². The highest BCUT2D eigenvalue weighted by Crippen LogP contribution is 2.17. The number of amides is 2. The number of piperazine rings is 1. The van der Waals surface area contributed by atoms with Crippen LogP contribution in [0.2, 0.25) is 0 Å². The Hall–Kier alpha value is -2.77. The van der Waals surface area contributed by atoms with Crippen molar-refractivity contribution in [1.29, 1.82) is 0 Å². The van der Waals surface area contributed by atoms with Crippen LogP contribution in [0, 0.1) is 5.82 Å². The number of hydrogen-bond donors (Lipinski definition) is 2. The van der Waals surface area contributed by atoms with Gasteiger partial charge in [-0.2, -0.15) is 0 Å². The van der Waals surface area contributed by atoms with E-state index in [1.165, 1.54) is 17.7 Å². The van der Waals surface area contributed by atoms with Crippen molar-refractivity contribution in [2.75, 3.05) is 49.9 Å². The lowest BCUT2D eigenvalue weighted by Gasteiger charge is -2.33. The zero-order valence-corrected chi connectivity index (χ0v) is 17.5. The molecule has 0 saturated carbocycles. The standard InChI is InChI=1S/C23H29FN4O2/c1-17(2)18-3-7-20(8-4-18)25-22(29)15-27-11-13-28(14-12-27)16-23(30)26-21-9-5-19(24)6-10-21/h3-10,17H,11-16H2,1-2H3,(H,25,29)(H,26,30). The van der Waals surface area contributed by atoms with Crippen molar-refractivity contribution in [1.82, 2.24) is 9.80 Å². The third-order valence-corrected chi connectivity index (χ3v) is 5.19. The first-order chi connectivity index (χ1) is 14.4. The van der Waals surface area contributed by atoms with E-state index in [1.807, 2.05) is 24.3 Å². The van der Waals surface area contributed by atoms with Crippen molar-refractivity contribution in [2.24, 2.45) is 0 Å². The first-order valence-corrected chi connectivity index (χ1v) is 10.3. The Morgan fingerprint density at radius 1 is 0.800 bits per heavy atom. The fourth-order valence-electron chi connectivity index (χ4n) is 3.40. The van der Waals surface area contributed by atoms with Crippen molar-refractivity contribution < 1.29 is 14.0 Å². The second kappa shape index (κ2) is 10.3. The molecule has 6 nitrogen and oxygen atoms in total. The predicted octanol–water partition coefficient (Wildman–Crippen LogP) is 3.14. The Morgan fingerprint density at radius 3 is 1.60 bits per heavy atom. The van der Waals surface area contributed by atoms with Crippen LogP contribution in [-0.2, 0) is 9.59 Å². The number of benzene rings is 2. The number of anilines is 2. The number of rotatable bonds is 7. The molecule has 2 N–H and O–H groups in total. The van der Waals surface area contributed by atoms with E-state index in [0.717, 1.165) is 18.8 Å². The third-order valence-electron chi connectivity index (χ3n) is 5.19. The van der Waals surface area contributed by atoms with Crippen LogP contribution in [0.5, 0.6) is 0 Å². The number of nitrogens with zero attached hydrogens (tertiary/aromatic N) is 2. The molecular weight excluding hydrogens is 383 g/mol. The van der Waals surface area contributed by atoms with E-state index in [4.69, 9.17) is 0 Å². The van der Waals surface area contributed by atoms with Crippen LogP contribution in [0.1, 0.15) is 25.3 Å². The van der Waals surface area contributed by atoms with Gasteiger partial charge in [-0.25, -0.2) is 4.39 Å². The summed E-state index contributed by atoms with van der Waals surface area (Å²) in [6.45, 7) is 7.77. The van der Waals surface area contributed by atoms with E-state index < -0.39 is 0 Å². The van der Waals surface area contributed by atoms with Gasteiger partial charge < -0.3 is 10.6 Å². The monoisotopic (exact) mass is 412 g/mol. The first kappa shape index (κ1) is 21.9. The quantitative estimate of drug-likeness (QED) is 0.733. The van der Waals surface area contributed by atoms with Crippen molar-refractivity contribution in [2.45, 2.75) is 19.8 Å². The van der Waals surface area contributed by atoms with Gasteiger partial charge in [-0.05, 0) is 47.9 Å². The van der Waals surface area contributed by atoms with E-state index in [1.54, 1.807) is 12.1 Å². The molecule has 1 fully saturated rings. The van der Waals surface area contributed by atoms with Crippen molar-refractivity contribution in [3.63, 3.8) is 0 Å². The Kier molecular flexibility index (Phi) is 7.54. The van der Waals surface area contributed by atoms with Gasteiger partial charge in [-0.3, -0.25) is 19.4 Å². The summed E-state index contributed by atoms with van der Waals surface area (Å²) in [5.74, 6) is -0.0306. The van der Waals surface area contributed by atoms with E-state index in [2.05, 4.69) is 34.3 Å². The van der Waals surface area contributed by atoms with E-state index in [0.29, 0.717) is 31.2 Å². The number of carbonyl (C=O) groups is 2. The maximum atomic E-state index is 12.9. The molecular formula is C23H29FN4O2. The smallest absolute Gasteiger partial charge is 0.238 e. The van der Waals surface area contributed by atoms with Crippen LogP contribution in [0.4, 0.5) is 15.8 Å². The van der Waals surface area contributed by atoms with Crippen LogP contribution in [0.25, 0.3) is 0 Å². The molecule has 2 aromatic carbocycles. The summed E-state index contributed by atoms with van der Waals surface area (Å²) in [5, 5.41) is 5.72. The van der Waals surface area contributed by atoms with Crippen LogP contribution < -0.4 is 10.6 Å². The van der Waals surface area contributed by atoms with Gasteiger partial charge in [0.2, 0.25) is 11.8 Å². The van der Waals surface area contributed by atoms with Crippen molar-refractivity contribution in [3.8, 4) is 0 Å². The topological polar surface area (TPSA) is 64.7 Å². The summed E-state index contributed by atoms with van der Waals surface area (Å²) >= 11 is 0. The highest BCUT2D eigenvalue weighted by atomic mass is 19.1. The number of halogens is 1. The van der Waals surface area contributed by atoms with E-state index in [9.17, 15) is 14.0 Å². The summed E-state index contributed by atoms with van der Waals surface area (Å²) in [4.78, 5) is 28.6. The first-order valence-electron chi connectivity index (χ1n) is 10.3. The van der Waals surface area contributed by atoms with Gasteiger partial charge in [0.15, 0.2) is 0 Å². The minimum atomic E-state index is -0.333. The van der Waals surface area contributed by atoms with Gasteiger partial charge in [0.1, 0.15) is 5.82 Å². The molecule has 0 bridgehead atoms. The van der Waals surface area contributed by atoms with Gasteiger partial charge in [0.05, 0.1) is 13.1 Å². The summed E-state index contributed by atoms with van der Waals surface area (Å²) < 4.78 is 12.9. The zero-order valence-electron chi connectivity index (χ0n) is 17.5. The zero-order chi connectivity index (χ0) is 21.5. The molecule has 0 radical (unpaired) electrons. The lowest BCUT2D eigenvalue weighted by atomic mass is 10.0. The van der Waals surface area contributed by atoms with Gasteiger partial charge in [0, 0.05) is 37.6 Å². The molecule has 30 heavy (non-hydrogen) atoms. The molecule has 0 aliphatic carbocycles. The molecule has 1 heterocycles. The minimum Gasteiger partial charge on any atom is -0.325 e. The molecule has 0 spiro atoms. The summed E-state index contributed by atoms with van der Waals surface area (Å²) in [7, 11) is 0. The molecule has 1 aliphatic heterocycles. The summed E-state index contributed by atoms with van der Waals surface area (Å²) in [6, 6.07) is 13.7. The maximum absolute atomic E-state index is 12.9. The lowest BCUT2D eigenvalue weighted by Crippen LogP contribution is -2.50. The SMILES string of the molecule is CC(C)c1ccc(NC(=O)CN2CCN(CC(=O)Nc3ccc(F)cc3)CC2)cc1. The number of hydrogen-bond acceptors (Lipinski definition) is 4. The van der Waals surface area contributed by atoms with Gasteiger partial charge >= 0.3 is 0 Å². The Bertz CT molecular complexity index is 845. The van der Waals surface area contributed by atoms with Gasteiger partial charge in [0.25, 0.3) is 0 Å². The van der Waals surface area contributed by atoms with E-state index in [-0.39, 0.29) is 24.2 Å². The third kappa shape index (κ3) is 6.64. The van der Waals surface area contributed by atoms with Crippen LogP contribution >= 0.6 is 0 Å². The van der Waals surface area contributed by atoms with Crippen molar-refractivity contribution >= 4 is 23.2 Å². The van der Waals surface area contributed by atoms with E-state index >= 15 is 0 Å². The Balaban J connectivity index is 1.38. The predicted molar refractivity (Wildman–Crippen MR) is 117 cm³/mol. The average Bonchev–Trinajstić information content (AvgIpc) is 2.71. The van der Waals surface area contributed by atoms with Crippen LogP contribution in [-0.4, -0.2) is 60.9 Å². The molecule has 1 saturated heterocycles. The van der Waals surface area contributed by atoms with Gasteiger partial charge in [-0.1, -0.05) is 26.0 Å². The fourth-order valence-corrected chi connectivity index (χ4v) is 3.40. The van der Waals surface area contributed by atoms with Crippen LogP contribution in [0.3, 0.4) is 0 Å². The molecule has 1 aliphatic rings. The molecule has 2 aromatic rings. The Morgan fingerprint density at radius 2 is 1.20 bits per heavy atom. The molecule has 0 aromatic heterocycles. The summed E-state index contributed by atoms with van der Waals surface area (Å²) in [6.07, 6.45) is 0. The lowest BCUT2D eigenvalue weighted by molar-refractivity contribution is -0.120. The maximum Gasteiger partial charge on any atom is 0.238 e. The normalized spacial score (nSPS) is 15.2. The molecule has 2 amide bonds. The minimum absolute atomic E-state index is 0.0326. The molecule has 3 rings (SSSR count).